The van der Waals surface area contributed by atoms with Crippen LogP contribution in [0.1, 0.15) is 193 Å². The van der Waals surface area contributed by atoms with E-state index in [-0.39, 0.29) is 18.1 Å². The Bertz CT molecular complexity index is 1880. The molecule has 4 aliphatic carbocycles. The van der Waals surface area contributed by atoms with Gasteiger partial charge >= 0.3 is 0 Å². The first-order valence-electron chi connectivity index (χ1n) is 26.2. The molecular formula is C61H86N4. The monoisotopic (exact) mass is 875 g/mol. The fourth-order valence-corrected chi connectivity index (χ4v) is 11.7. The summed E-state index contributed by atoms with van der Waals surface area (Å²) in [7, 11) is 0. The molecule has 0 amide bonds. The number of rotatable bonds is 11. The minimum absolute atomic E-state index is 0.0589. The van der Waals surface area contributed by atoms with Crippen LogP contribution in [-0.2, 0) is 0 Å². The zero-order valence-corrected chi connectivity index (χ0v) is 40.2. The maximum absolute atomic E-state index is 6.70. The first-order valence-corrected chi connectivity index (χ1v) is 26.2. The van der Waals surface area contributed by atoms with Crippen molar-refractivity contribution in [2.45, 2.75) is 171 Å². The van der Waals surface area contributed by atoms with Gasteiger partial charge in [0.05, 0.1) is 0 Å². The molecule has 0 unspecified atom stereocenters. The molecule has 4 saturated carbocycles. The second kappa shape index (κ2) is 28.2. The lowest BCUT2D eigenvalue weighted by atomic mass is 9.71. The second-order valence-electron chi connectivity index (χ2n) is 20.2. The molecule has 7 atom stereocenters. The van der Waals surface area contributed by atoms with Crippen LogP contribution in [-0.4, -0.2) is 6.04 Å². The van der Waals surface area contributed by atoms with Crippen molar-refractivity contribution in [3.63, 3.8) is 0 Å². The lowest BCUT2D eigenvalue weighted by Gasteiger charge is -2.37. The summed E-state index contributed by atoms with van der Waals surface area (Å²) in [6, 6.07) is 53.6. The van der Waals surface area contributed by atoms with Crippen molar-refractivity contribution in [3.05, 3.63) is 179 Å². The molecule has 5 aromatic rings. The highest BCUT2D eigenvalue weighted by atomic mass is 14.7. The molecule has 8 N–H and O–H groups in total. The topological polar surface area (TPSA) is 104 Å². The highest BCUT2D eigenvalue weighted by molar-refractivity contribution is 5.29. The third-order valence-corrected chi connectivity index (χ3v) is 15.6. The van der Waals surface area contributed by atoms with Gasteiger partial charge in [-0.25, -0.2) is 0 Å². The lowest BCUT2D eigenvalue weighted by Crippen LogP contribution is -2.38. The molecule has 0 spiro atoms. The van der Waals surface area contributed by atoms with Gasteiger partial charge in [-0.15, -0.1) is 0 Å². The predicted octanol–water partition coefficient (Wildman–Crippen LogP) is 15.3. The second-order valence-corrected chi connectivity index (χ2v) is 20.2. The summed E-state index contributed by atoms with van der Waals surface area (Å²) in [4.78, 5) is 0. The van der Waals surface area contributed by atoms with Crippen LogP contribution in [0.15, 0.2) is 152 Å². The molecule has 4 fully saturated rings. The molecule has 0 saturated heterocycles. The van der Waals surface area contributed by atoms with Crippen molar-refractivity contribution in [3.8, 4) is 0 Å². The third-order valence-electron chi connectivity index (χ3n) is 15.6. The molecule has 0 aromatic heterocycles. The van der Waals surface area contributed by atoms with Crippen molar-refractivity contribution in [1.29, 1.82) is 0 Å². The summed E-state index contributed by atoms with van der Waals surface area (Å²) in [6.07, 6.45) is 27.8. The average Bonchev–Trinajstić information content (AvgIpc) is 3.39. The number of hydrogen-bond donors (Lipinski definition) is 4. The first kappa shape index (κ1) is 50.4. The van der Waals surface area contributed by atoms with Crippen LogP contribution in [0.25, 0.3) is 0 Å². The first-order chi connectivity index (χ1) is 31.9. The van der Waals surface area contributed by atoms with Crippen LogP contribution in [0.4, 0.5) is 0 Å². The van der Waals surface area contributed by atoms with Gasteiger partial charge < -0.3 is 22.9 Å². The molecule has 4 heteroatoms. The molecule has 65 heavy (non-hydrogen) atoms. The summed E-state index contributed by atoms with van der Waals surface area (Å²) in [6.45, 7) is 2.17. The molecule has 0 radical (unpaired) electrons. The van der Waals surface area contributed by atoms with Gasteiger partial charge in [0, 0.05) is 36.0 Å². The zero-order chi connectivity index (χ0) is 45.5. The van der Waals surface area contributed by atoms with E-state index in [0.29, 0.717) is 17.9 Å². The van der Waals surface area contributed by atoms with Crippen molar-refractivity contribution >= 4 is 0 Å². The Kier molecular flexibility index (Phi) is 21.8. The predicted molar refractivity (Wildman–Crippen MR) is 278 cm³/mol. The lowest BCUT2D eigenvalue weighted by molar-refractivity contribution is 0.171. The van der Waals surface area contributed by atoms with E-state index in [2.05, 4.69) is 134 Å². The third kappa shape index (κ3) is 16.3. The van der Waals surface area contributed by atoms with Crippen molar-refractivity contribution in [1.82, 2.24) is 0 Å². The summed E-state index contributed by atoms with van der Waals surface area (Å²) < 4.78 is 0. The van der Waals surface area contributed by atoms with Crippen LogP contribution >= 0.6 is 0 Å². The molecule has 5 aromatic carbocycles. The molecule has 350 valence electrons. The fraction of sp³-hybridized carbons (Fsp3) is 0.508. The molecule has 0 aliphatic heterocycles. The van der Waals surface area contributed by atoms with E-state index in [1.54, 1.807) is 0 Å². The Balaban J connectivity index is 0.000000146. The quantitative estimate of drug-likeness (QED) is 0.106. The summed E-state index contributed by atoms with van der Waals surface area (Å²) >= 11 is 0. The normalized spacial score (nSPS) is 21.9. The van der Waals surface area contributed by atoms with Crippen LogP contribution < -0.4 is 22.9 Å². The van der Waals surface area contributed by atoms with E-state index in [4.69, 9.17) is 22.9 Å². The van der Waals surface area contributed by atoms with Crippen molar-refractivity contribution in [2.75, 3.05) is 0 Å². The highest BCUT2D eigenvalue weighted by Crippen LogP contribution is 2.43. The van der Waals surface area contributed by atoms with Gasteiger partial charge in [0.15, 0.2) is 0 Å². The number of nitrogens with two attached hydrogens (primary N) is 4. The van der Waals surface area contributed by atoms with Gasteiger partial charge in [0.1, 0.15) is 0 Å². The van der Waals surface area contributed by atoms with Gasteiger partial charge in [-0.05, 0) is 83.6 Å². The standard InChI is InChI=1S/C20H25N.C15H17N.C14H21N.C12H23N/c21-20(18-14-8-3-9-15-18)19(16-10-4-1-5-11-16)17-12-6-2-7-13-17;1-12(13-8-4-2-5-9-13)15(16)14-10-6-3-7-11-14;15-14(13-9-5-2-6-10-13)11-12-7-3-1-4-8-12;13-12-9-5-4-8-11(12)10-6-2-1-3-7-10/h1,3-5,8-11,14-15,17,19-20H,2,6-7,12-13,21H2;2-12,15H,16H2,1H3;2,5-6,9-10,12,14H,1,3-4,7-8,11,15H2;10-12H,1-9,13H2/t19-,20+;12-,15+;14-;11-,12+/m1010/s1. The Hall–Kier alpha value is -4.06. The fourth-order valence-electron chi connectivity index (χ4n) is 11.7. The molecule has 0 bridgehead atoms. The Morgan fingerprint density at radius 2 is 0.785 bits per heavy atom. The minimum atomic E-state index is 0.0589. The van der Waals surface area contributed by atoms with E-state index in [1.807, 2.05) is 24.3 Å². The van der Waals surface area contributed by atoms with Crippen LogP contribution in [0, 0.1) is 23.7 Å². The summed E-state index contributed by atoms with van der Waals surface area (Å²) in [5.74, 6) is 4.24. The van der Waals surface area contributed by atoms with E-state index < -0.39 is 0 Å². The summed E-state index contributed by atoms with van der Waals surface area (Å²) in [5, 5.41) is 0. The van der Waals surface area contributed by atoms with Crippen LogP contribution in [0.5, 0.6) is 0 Å². The maximum atomic E-state index is 6.70. The minimum Gasteiger partial charge on any atom is -0.327 e. The molecule has 9 rings (SSSR count). The SMILES string of the molecule is C[C@@H](c1ccccc1)[C@@H](N)c1ccccc1.N[C@@H](c1ccccc1)[C@H](c1ccccc1)C1CCCCC1.N[C@@H]1CCCC[C@H]1C1CCCCC1.N[C@H](CC1CCCCC1)c1ccccc1. The van der Waals surface area contributed by atoms with E-state index >= 15 is 0 Å². The van der Waals surface area contributed by atoms with Crippen LogP contribution in [0.3, 0.4) is 0 Å². The van der Waals surface area contributed by atoms with E-state index in [0.717, 1.165) is 23.7 Å². The maximum Gasteiger partial charge on any atom is 0.0367 e. The molecule has 4 aliphatic rings. The van der Waals surface area contributed by atoms with Crippen molar-refractivity contribution in [2.24, 2.45) is 46.6 Å². The van der Waals surface area contributed by atoms with E-state index in [1.165, 1.54) is 156 Å². The number of benzene rings is 5. The smallest absolute Gasteiger partial charge is 0.0367 e. The van der Waals surface area contributed by atoms with Gasteiger partial charge in [0.25, 0.3) is 0 Å². The Morgan fingerprint density at radius 1 is 0.400 bits per heavy atom. The number of hydrogen-bond acceptors (Lipinski definition) is 4. The molecule has 0 heterocycles. The zero-order valence-electron chi connectivity index (χ0n) is 40.2. The van der Waals surface area contributed by atoms with Crippen molar-refractivity contribution < 1.29 is 0 Å². The summed E-state index contributed by atoms with van der Waals surface area (Å²) in [5.41, 5.74) is 31.9. The molecule has 4 nitrogen and oxygen atoms in total. The van der Waals surface area contributed by atoms with Gasteiger partial charge in [0.2, 0.25) is 0 Å². The van der Waals surface area contributed by atoms with Gasteiger partial charge in [-0.3, -0.25) is 0 Å². The van der Waals surface area contributed by atoms with Gasteiger partial charge in [-0.2, -0.15) is 0 Å². The van der Waals surface area contributed by atoms with Crippen LogP contribution in [0.2, 0.25) is 0 Å². The van der Waals surface area contributed by atoms with Gasteiger partial charge in [-0.1, -0.05) is 255 Å². The Morgan fingerprint density at radius 3 is 1.28 bits per heavy atom. The average molecular weight is 875 g/mol. The van der Waals surface area contributed by atoms with E-state index in [9.17, 15) is 0 Å². The largest absolute Gasteiger partial charge is 0.327 e. The molecular weight excluding hydrogens is 789 g/mol. The highest BCUT2D eigenvalue weighted by Gasteiger charge is 2.31. The Labute approximate surface area is 395 Å².